The third kappa shape index (κ3) is 3.99. The van der Waals surface area contributed by atoms with E-state index < -0.39 is 0 Å². The fourth-order valence-electron chi connectivity index (χ4n) is 2.46. The minimum Gasteiger partial charge on any atom is -0.496 e. The van der Waals surface area contributed by atoms with Crippen molar-refractivity contribution in [1.29, 1.82) is 5.26 Å². The molecule has 0 heterocycles. The summed E-state index contributed by atoms with van der Waals surface area (Å²) in [6.45, 7) is 0. The highest BCUT2D eigenvalue weighted by Gasteiger charge is 2.19. The van der Waals surface area contributed by atoms with Gasteiger partial charge in [-0.15, -0.1) is 0 Å². The summed E-state index contributed by atoms with van der Waals surface area (Å²) in [7, 11) is 1.53. The van der Waals surface area contributed by atoms with E-state index in [4.69, 9.17) is 16.3 Å². The topological polar surface area (TPSA) is 62.1 Å². The SMILES string of the molecule is COc1ccc(Cl)cc1/C=C(/C#N)C(=O)NC1CCCC1. The summed E-state index contributed by atoms with van der Waals surface area (Å²) < 4.78 is 5.21. The lowest BCUT2D eigenvalue weighted by molar-refractivity contribution is -0.117. The van der Waals surface area contributed by atoms with Gasteiger partial charge in [-0.05, 0) is 37.1 Å². The van der Waals surface area contributed by atoms with Crippen LogP contribution in [0.15, 0.2) is 23.8 Å². The molecule has 5 heteroatoms. The van der Waals surface area contributed by atoms with Gasteiger partial charge in [-0.1, -0.05) is 24.4 Å². The van der Waals surface area contributed by atoms with Crippen LogP contribution in [0.25, 0.3) is 6.08 Å². The molecule has 1 aromatic rings. The molecule has 0 unspecified atom stereocenters. The van der Waals surface area contributed by atoms with Gasteiger partial charge in [-0.3, -0.25) is 4.79 Å². The van der Waals surface area contributed by atoms with E-state index in [1.807, 2.05) is 6.07 Å². The molecule has 1 aliphatic rings. The number of amides is 1. The number of hydrogen-bond donors (Lipinski definition) is 1. The normalized spacial score (nSPS) is 15.6. The van der Waals surface area contributed by atoms with Gasteiger partial charge in [0.2, 0.25) is 0 Å². The maximum Gasteiger partial charge on any atom is 0.262 e. The van der Waals surface area contributed by atoms with E-state index in [1.165, 1.54) is 13.2 Å². The van der Waals surface area contributed by atoms with Crippen molar-refractivity contribution in [2.45, 2.75) is 31.7 Å². The van der Waals surface area contributed by atoms with Gasteiger partial charge in [-0.2, -0.15) is 5.26 Å². The Kier molecular flexibility index (Phi) is 5.24. The minimum absolute atomic E-state index is 0.0578. The smallest absolute Gasteiger partial charge is 0.262 e. The summed E-state index contributed by atoms with van der Waals surface area (Å²) in [5, 5.41) is 12.6. The van der Waals surface area contributed by atoms with Crippen LogP contribution in [0.2, 0.25) is 5.02 Å². The third-order valence-corrected chi connectivity index (χ3v) is 3.78. The largest absolute Gasteiger partial charge is 0.496 e. The first kappa shape index (κ1) is 15.4. The second kappa shape index (κ2) is 7.14. The van der Waals surface area contributed by atoms with Gasteiger partial charge in [0.25, 0.3) is 5.91 Å². The molecule has 0 aliphatic heterocycles. The number of benzene rings is 1. The van der Waals surface area contributed by atoms with E-state index in [9.17, 15) is 10.1 Å². The average Bonchev–Trinajstić information content (AvgIpc) is 2.97. The van der Waals surface area contributed by atoms with Crippen LogP contribution < -0.4 is 10.1 Å². The van der Waals surface area contributed by atoms with Crippen LogP contribution in [-0.4, -0.2) is 19.1 Å². The zero-order chi connectivity index (χ0) is 15.2. The first-order chi connectivity index (χ1) is 10.1. The standard InChI is InChI=1S/C16H17ClN2O2/c1-21-15-7-6-13(17)9-11(15)8-12(10-18)16(20)19-14-4-2-3-5-14/h6-9,14H,2-5H2,1H3,(H,19,20)/b12-8-. The van der Waals surface area contributed by atoms with E-state index >= 15 is 0 Å². The third-order valence-electron chi connectivity index (χ3n) is 3.55. The number of carbonyl (C=O) groups is 1. The Hall–Kier alpha value is -1.99. The van der Waals surface area contributed by atoms with Crippen LogP contribution in [0.3, 0.4) is 0 Å². The predicted molar refractivity (Wildman–Crippen MR) is 82.0 cm³/mol. The highest BCUT2D eigenvalue weighted by atomic mass is 35.5. The number of halogens is 1. The highest BCUT2D eigenvalue weighted by Crippen LogP contribution is 2.25. The molecule has 1 fully saturated rings. The molecule has 1 N–H and O–H groups in total. The van der Waals surface area contributed by atoms with Gasteiger partial charge in [-0.25, -0.2) is 0 Å². The highest BCUT2D eigenvalue weighted by molar-refractivity contribution is 6.30. The molecule has 2 rings (SSSR count). The number of rotatable bonds is 4. The van der Waals surface area contributed by atoms with Gasteiger partial charge in [0.05, 0.1) is 7.11 Å². The molecule has 1 aliphatic carbocycles. The summed E-state index contributed by atoms with van der Waals surface area (Å²) in [5.41, 5.74) is 0.672. The van der Waals surface area contributed by atoms with Gasteiger partial charge >= 0.3 is 0 Å². The van der Waals surface area contributed by atoms with Crippen molar-refractivity contribution in [3.05, 3.63) is 34.4 Å². The number of nitriles is 1. The molecular formula is C16H17ClN2O2. The van der Waals surface area contributed by atoms with Crippen LogP contribution in [0.4, 0.5) is 0 Å². The Bertz CT molecular complexity index is 599. The molecule has 1 saturated carbocycles. The zero-order valence-electron chi connectivity index (χ0n) is 11.9. The lowest BCUT2D eigenvalue weighted by Gasteiger charge is -2.11. The summed E-state index contributed by atoms with van der Waals surface area (Å²) in [6, 6.07) is 7.19. The molecule has 0 aromatic heterocycles. The molecule has 110 valence electrons. The van der Waals surface area contributed by atoms with Crippen LogP contribution in [-0.2, 0) is 4.79 Å². The van der Waals surface area contributed by atoms with Gasteiger partial charge < -0.3 is 10.1 Å². The molecule has 21 heavy (non-hydrogen) atoms. The molecule has 1 aromatic carbocycles. The Balaban J connectivity index is 2.21. The molecule has 0 radical (unpaired) electrons. The van der Waals surface area contributed by atoms with Crippen molar-refractivity contribution in [2.24, 2.45) is 0 Å². The average molecular weight is 305 g/mol. The van der Waals surface area contributed by atoms with Gasteiger partial charge in [0, 0.05) is 16.6 Å². The van der Waals surface area contributed by atoms with Crippen molar-refractivity contribution in [3.8, 4) is 11.8 Å². The molecule has 0 atom stereocenters. The molecule has 4 nitrogen and oxygen atoms in total. The van der Waals surface area contributed by atoms with E-state index in [0.29, 0.717) is 16.3 Å². The van der Waals surface area contributed by atoms with Crippen molar-refractivity contribution in [2.75, 3.05) is 7.11 Å². The lowest BCUT2D eigenvalue weighted by atomic mass is 10.1. The van der Waals surface area contributed by atoms with Crippen LogP contribution in [0.5, 0.6) is 5.75 Å². The van der Waals surface area contributed by atoms with Crippen LogP contribution in [0, 0.1) is 11.3 Å². The maximum atomic E-state index is 12.1. The quantitative estimate of drug-likeness (QED) is 0.685. The Morgan fingerprint density at radius 1 is 1.48 bits per heavy atom. The number of nitrogens with one attached hydrogen (secondary N) is 1. The first-order valence-corrected chi connectivity index (χ1v) is 7.28. The fraction of sp³-hybridized carbons (Fsp3) is 0.375. The predicted octanol–water partition coefficient (Wildman–Crippen LogP) is 3.31. The van der Waals surface area contributed by atoms with E-state index in [1.54, 1.807) is 18.2 Å². The summed E-state index contributed by atoms with van der Waals surface area (Å²) in [6.07, 6.45) is 5.71. The number of carbonyl (C=O) groups excluding carboxylic acids is 1. The molecule has 0 spiro atoms. The molecule has 1 amide bonds. The molecular weight excluding hydrogens is 288 g/mol. The Morgan fingerprint density at radius 2 is 2.19 bits per heavy atom. The molecule has 0 saturated heterocycles. The number of nitrogens with zero attached hydrogens (tertiary/aromatic N) is 1. The number of methoxy groups -OCH3 is 1. The van der Waals surface area contributed by atoms with E-state index in [2.05, 4.69) is 5.32 Å². The molecule has 0 bridgehead atoms. The van der Waals surface area contributed by atoms with Crippen molar-refractivity contribution in [1.82, 2.24) is 5.32 Å². The summed E-state index contributed by atoms with van der Waals surface area (Å²) in [5.74, 6) is 0.229. The second-order valence-electron chi connectivity index (χ2n) is 5.01. The second-order valence-corrected chi connectivity index (χ2v) is 5.45. The minimum atomic E-state index is -0.341. The number of hydrogen-bond acceptors (Lipinski definition) is 3. The lowest BCUT2D eigenvalue weighted by Crippen LogP contribution is -2.33. The van der Waals surface area contributed by atoms with Crippen molar-refractivity contribution >= 4 is 23.6 Å². The Morgan fingerprint density at radius 3 is 2.81 bits per heavy atom. The summed E-state index contributed by atoms with van der Waals surface area (Å²) in [4.78, 5) is 12.1. The maximum absolute atomic E-state index is 12.1. The van der Waals surface area contributed by atoms with Gasteiger partial charge in [0.15, 0.2) is 0 Å². The number of ether oxygens (including phenoxy) is 1. The van der Waals surface area contributed by atoms with Gasteiger partial charge in [0.1, 0.15) is 17.4 Å². The zero-order valence-corrected chi connectivity index (χ0v) is 12.6. The van der Waals surface area contributed by atoms with Crippen molar-refractivity contribution < 1.29 is 9.53 Å². The van der Waals surface area contributed by atoms with Crippen LogP contribution in [0.1, 0.15) is 31.2 Å². The van der Waals surface area contributed by atoms with E-state index in [0.717, 1.165) is 25.7 Å². The van der Waals surface area contributed by atoms with Crippen LogP contribution >= 0.6 is 11.6 Å². The van der Waals surface area contributed by atoms with Crippen molar-refractivity contribution in [3.63, 3.8) is 0 Å². The monoisotopic (exact) mass is 304 g/mol. The summed E-state index contributed by atoms with van der Waals surface area (Å²) >= 11 is 5.95. The first-order valence-electron chi connectivity index (χ1n) is 6.90. The van der Waals surface area contributed by atoms with E-state index in [-0.39, 0.29) is 17.5 Å². The Labute approximate surface area is 129 Å². The fourth-order valence-corrected chi connectivity index (χ4v) is 2.64.